The van der Waals surface area contributed by atoms with Crippen molar-refractivity contribution in [3.8, 4) is 0 Å². The van der Waals surface area contributed by atoms with E-state index in [1.165, 1.54) is 0 Å². The van der Waals surface area contributed by atoms with E-state index in [9.17, 15) is 4.79 Å². The van der Waals surface area contributed by atoms with E-state index in [2.05, 4.69) is 0 Å². The number of rotatable bonds is 3. The summed E-state index contributed by atoms with van der Waals surface area (Å²) < 4.78 is 4.96. The Hall–Kier alpha value is -0.770. The number of esters is 1. The van der Waals surface area contributed by atoms with Crippen LogP contribution in [0.15, 0.2) is 18.2 Å². The van der Waals surface area contributed by atoms with E-state index in [1.54, 1.807) is 6.92 Å². The molecule has 1 aliphatic carbocycles. The first-order chi connectivity index (χ1) is 8.07. The van der Waals surface area contributed by atoms with Crippen molar-refractivity contribution in [1.82, 2.24) is 0 Å². The molecule has 1 atom stereocenters. The Morgan fingerprint density at radius 2 is 2.28 bits per heavy atom. The highest BCUT2D eigenvalue weighted by atomic mass is 35.5. The molecule has 0 aliphatic heterocycles. The van der Waals surface area contributed by atoms with Crippen LogP contribution in [-0.4, -0.2) is 12.6 Å². The van der Waals surface area contributed by atoms with Gasteiger partial charge in [-0.2, -0.15) is 0 Å². The molecule has 0 heterocycles. The van der Waals surface area contributed by atoms with Crippen LogP contribution in [0.25, 0.3) is 0 Å². The molecular weight excluding hydrogens is 273 g/mol. The van der Waals surface area contributed by atoms with Gasteiger partial charge in [-0.15, -0.1) is 12.4 Å². The van der Waals surface area contributed by atoms with Gasteiger partial charge >= 0.3 is 5.97 Å². The number of hydrogen-bond acceptors (Lipinski definition) is 3. The van der Waals surface area contributed by atoms with E-state index < -0.39 is 5.54 Å². The highest BCUT2D eigenvalue weighted by Crippen LogP contribution is 2.40. The summed E-state index contributed by atoms with van der Waals surface area (Å²) in [6.45, 7) is 2.18. The van der Waals surface area contributed by atoms with Gasteiger partial charge in [0.05, 0.1) is 18.6 Å². The van der Waals surface area contributed by atoms with Gasteiger partial charge in [-0.3, -0.25) is 4.79 Å². The number of hydrogen-bond donors (Lipinski definition) is 1. The van der Waals surface area contributed by atoms with Crippen LogP contribution in [0.4, 0.5) is 0 Å². The van der Waals surface area contributed by atoms with Crippen LogP contribution >= 0.6 is 24.0 Å². The minimum Gasteiger partial charge on any atom is -0.466 e. The lowest BCUT2D eigenvalue weighted by atomic mass is 9.89. The summed E-state index contributed by atoms with van der Waals surface area (Å²) in [4.78, 5) is 11.6. The second kappa shape index (κ2) is 5.91. The monoisotopic (exact) mass is 289 g/mol. The van der Waals surface area contributed by atoms with Crippen molar-refractivity contribution < 1.29 is 9.53 Å². The Balaban J connectivity index is 0.00000162. The van der Waals surface area contributed by atoms with E-state index in [-0.39, 0.29) is 24.8 Å². The number of ether oxygens (including phenoxy) is 1. The number of halogens is 2. The Labute approximate surface area is 118 Å². The number of carbonyl (C=O) groups is 1. The van der Waals surface area contributed by atoms with Gasteiger partial charge in [-0.05, 0) is 37.0 Å². The van der Waals surface area contributed by atoms with E-state index in [0.717, 1.165) is 29.0 Å². The molecule has 1 aromatic carbocycles. The molecule has 0 saturated heterocycles. The topological polar surface area (TPSA) is 52.3 Å². The Morgan fingerprint density at radius 1 is 1.56 bits per heavy atom. The van der Waals surface area contributed by atoms with Gasteiger partial charge in [0, 0.05) is 5.02 Å². The second-order valence-corrected chi connectivity index (χ2v) is 4.81. The summed E-state index contributed by atoms with van der Waals surface area (Å²) in [6.07, 6.45) is 1.78. The van der Waals surface area contributed by atoms with Crippen LogP contribution in [0.5, 0.6) is 0 Å². The minimum absolute atomic E-state index is 0. The molecule has 0 fully saturated rings. The molecule has 2 rings (SSSR count). The number of benzene rings is 1. The standard InChI is InChI=1S/C13H16ClNO2.ClH/c1-2-17-12(16)8-13(15)7-6-9-10(13)4-3-5-11(9)14;/h3-5H,2,6-8,15H2,1H3;1H/t13-;/m0./s1. The Kier molecular flexibility index (Phi) is 5.02. The zero-order valence-corrected chi connectivity index (χ0v) is 11.8. The first-order valence-corrected chi connectivity index (χ1v) is 6.17. The molecule has 0 spiro atoms. The number of carbonyl (C=O) groups excluding carboxylic acids is 1. The average molecular weight is 290 g/mol. The van der Waals surface area contributed by atoms with Crippen LogP contribution in [0.2, 0.25) is 5.02 Å². The predicted octanol–water partition coefficient (Wildman–Crippen LogP) is 2.82. The molecule has 0 bridgehead atoms. The van der Waals surface area contributed by atoms with Gasteiger partial charge in [0.2, 0.25) is 0 Å². The summed E-state index contributed by atoms with van der Waals surface area (Å²) in [5.41, 5.74) is 7.75. The molecule has 0 unspecified atom stereocenters. The number of nitrogens with two attached hydrogens (primary N) is 1. The van der Waals surface area contributed by atoms with Crippen molar-refractivity contribution in [2.24, 2.45) is 5.73 Å². The fourth-order valence-electron chi connectivity index (χ4n) is 2.42. The van der Waals surface area contributed by atoms with Gasteiger partial charge in [0.1, 0.15) is 0 Å². The van der Waals surface area contributed by atoms with Crippen LogP contribution in [0.3, 0.4) is 0 Å². The molecular formula is C13H17Cl2NO2. The number of fused-ring (bicyclic) bond motifs is 1. The minimum atomic E-state index is -0.619. The van der Waals surface area contributed by atoms with Crippen molar-refractivity contribution in [3.05, 3.63) is 34.3 Å². The molecule has 100 valence electrons. The molecule has 0 aromatic heterocycles. The molecule has 0 radical (unpaired) electrons. The first-order valence-electron chi connectivity index (χ1n) is 5.79. The summed E-state index contributed by atoms with van der Waals surface area (Å²) >= 11 is 6.12. The summed E-state index contributed by atoms with van der Waals surface area (Å²) in [6, 6.07) is 5.68. The smallest absolute Gasteiger partial charge is 0.307 e. The van der Waals surface area contributed by atoms with Gasteiger partial charge in [-0.25, -0.2) is 0 Å². The van der Waals surface area contributed by atoms with Gasteiger partial charge < -0.3 is 10.5 Å². The maximum atomic E-state index is 11.6. The molecule has 1 aromatic rings. The lowest BCUT2D eigenvalue weighted by Crippen LogP contribution is -2.37. The normalized spacial score (nSPS) is 21.1. The van der Waals surface area contributed by atoms with Crippen LogP contribution in [0.1, 0.15) is 30.9 Å². The zero-order chi connectivity index (χ0) is 12.5. The third kappa shape index (κ3) is 2.79. The molecule has 0 saturated carbocycles. The zero-order valence-electron chi connectivity index (χ0n) is 10.2. The van der Waals surface area contributed by atoms with E-state index in [1.807, 2.05) is 18.2 Å². The average Bonchev–Trinajstić information content (AvgIpc) is 2.58. The van der Waals surface area contributed by atoms with E-state index in [0.29, 0.717) is 6.61 Å². The summed E-state index contributed by atoms with van der Waals surface area (Å²) in [5.74, 6) is -0.247. The van der Waals surface area contributed by atoms with Crippen molar-refractivity contribution in [2.45, 2.75) is 31.7 Å². The lowest BCUT2D eigenvalue weighted by molar-refractivity contribution is -0.144. The molecule has 5 heteroatoms. The highest BCUT2D eigenvalue weighted by molar-refractivity contribution is 6.31. The SMILES string of the molecule is CCOC(=O)C[C@@]1(N)CCc2c(Cl)cccc21.Cl. The van der Waals surface area contributed by atoms with E-state index >= 15 is 0 Å². The second-order valence-electron chi connectivity index (χ2n) is 4.40. The van der Waals surface area contributed by atoms with Gasteiger partial charge in [-0.1, -0.05) is 23.7 Å². The van der Waals surface area contributed by atoms with Crippen molar-refractivity contribution in [2.75, 3.05) is 6.61 Å². The fraction of sp³-hybridized carbons (Fsp3) is 0.462. The fourth-order valence-corrected chi connectivity index (χ4v) is 2.68. The van der Waals surface area contributed by atoms with Crippen molar-refractivity contribution in [1.29, 1.82) is 0 Å². The summed E-state index contributed by atoms with van der Waals surface area (Å²) in [5, 5.41) is 0.735. The molecule has 2 N–H and O–H groups in total. The Morgan fingerprint density at radius 3 is 2.94 bits per heavy atom. The molecule has 1 aliphatic rings. The first kappa shape index (κ1) is 15.3. The lowest BCUT2D eigenvalue weighted by Gasteiger charge is -2.24. The quantitative estimate of drug-likeness (QED) is 0.871. The third-order valence-corrected chi connectivity index (χ3v) is 3.60. The summed E-state index contributed by atoms with van der Waals surface area (Å²) in [7, 11) is 0. The predicted molar refractivity (Wildman–Crippen MR) is 74.1 cm³/mol. The maximum absolute atomic E-state index is 11.6. The van der Waals surface area contributed by atoms with Crippen LogP contribution < -0.4 is 5.73 Å². The van der Waals surface area contributed by atoms with Crippen molar-refractivity contribution >= 4 is 30.0 Å². The highest BCUT2D eigenvalue weighted by Gasteiger charge is 2.38. The largest absolute Gasteiger partial charge is 0.466 e. The van der Waals surface area contributed by atoms with E-state index in [4.69, 9.17) is 22.1 Å². The Bertz CT molecular complexity index is 451. The molecule has 3 nitrogen and oxygen atoms in total. The van der Waals surface area contributed by atoms with Crippen molar-refractivity contribution in [3.63, 3.8) is 0 Å². The molecule has 18 heavy (non-hydrogen) atoms. The van der Waals surface area contributed by atoms with Crippen LogP contribution in [0, 0.1) is 0 Å². The molecule has 0 amide bonds. The third-order valence-electron chi connectivity index (χ3n) is 3.24. The van der Waals surface area contributed by atoms with Gasteiger partial charge in [0.25, 0.3) is 0 Å². The van der Waals surface area contributed by atoms with Gasteiger partial charge in [0.15, 0.2) is 0 Å². The maximum Gasteiger partial charge on any atom is 0.307 e. The van der Waals surface area contributed by atoms with Crippen LogP contribution in [-0.2, 0) is 21.5 Å².